The lowest BCUT2D eigenvalue weighted by atomic mass is 10.1. The van der Waals surface area contributed by atoms with Crippen molar-refractivity contribution < 1.29 is 19.1 Å². The number of furan rings is 1. The molecular formula is C22H22ClNO4. The van der Waals surface area contributed by atoms with Crippen LogP contribution in [0.5, 0.6) is 5.75 Å². The molecule has 0 aliphatic rings. The second-order valence-electron chi connectivity index (χ2n) is 6.97. The summed E-state index contributed by atoms with van der Waals surface area (Å²) >= 11 is 5.89. The highest BCUT2D eigenvalue weighted by Crippen LogP contribution is 2.28. The van der Waals surface area contributed by atoms with Crippen LogP contribution in [0.2, 0.25) is 5.02 Å². The number of hydrogen-bond donors (Lipinski definition) is 2. The third-order valence-corrected chi connectivity index (χ3v) is 4.57. The van der Waals surface area contributed by atoms with Gasteiger partial charge in [-0.25, -0.2) is 0 Å². The number of anilines is 1. The normalized spacial score (nSPS) is 11.3. The van der Waals surface area contributed by atoms with Crippen LogP contribution in [0.1, 0.15) is 25.2 Å². The average molecular weight is 400 g/mol. The predicted octanol–water partition coefficient (Wildman–Crippen LogP) is 5.20. The Balaban J connectivity index is 1.78. The number of aliphatic hydroxyl groups excluding tert-OH is 1. The standard InChI is InChI=1S/C22H22ClNO4/c1-14-4-5-15(20-11-10-18(13-25)27-20)12-19(14)24-21(26)22(2,3)28-17-8-6-16(23)7-9-17/h4-12,25H,13H2,1-3H3,(H,24,26). The maximum Gasteiger partial charge on any atom is 0.267 e. The van der Waals surface area contributed by atoms with E-state index in [0.717, 1.165) is 11.1 Å². The van der Waals surface area contributed by atoms with E-state index in [1.165, 1.54) is 0 Å². The van der Waals surface area contributed by atoms with Crippen LogP contribution in [-0.4, -0.2) is 16.6 Å². The molecule has 0 spiro atoms. The predicted molar refractivity (Wildman–Crippen MR) is 110 cm³/mol. The van der Waals surface area contributed by atoms with Gasteiger partial charge in [0.1, 0.15) is 23.9 Å². The number of rotatable bonds is 6. The van der Waals surface area contributed by atoms with Crippen LogP contribution in [0, 0.1) is 6.92 Å². The van der Waals surface area contributed by atoms with Crippen LogP contribution in [0.25, 0.3) is 11.3 Å². The van der Waals surface area contributed by atoms with Crippen LogP contribution in [-0.2, 0) is 11.4 Å². The largest absolute Gasteiger partial charge is 0.478 e. The molecule has 3 rings (SSSR count). The fraction of sp³-hybridized carbons (Fsp3) is 0.227. The van der Waals surface area contributed by atoms with E-state index >= 15 is 0 Å². The second kappa shape index (κ2) is 8.09. The number of aryl methyl sites for hydroxylation is 1. The van der Waals surface area contributed by atoms with E-state index < -0.39 is 5.60 Å². The first-order valence-corrected chi connectivity index (χ1v) is 9.23. The van der Waals surface area contributed by atoms with Gasteiger partial charge in [0.2, 0.25) is 0 Å². The van der Waals surface area contributed by atoms with E-state index in [0.29, 0.717) is 28.0 Å². The summed E-state index contributed by atoms with van der Waals surface area (Å²) in [6.45, 7) is 5.16. The maximum absolute atomic E-state index is 12.8. The smallest absolute Gasteiger partial charge is 0.267 e. The molecule has 0 fully saturated rings. The molecule has 0 unspecified atom stereocenters. The summed E-state index contributed by atoms with van der Waals surface area (Å²) in [7, 11) is 0. The highest BCUT2D eigenvalue weighted by molar-refractivity contribution is 6.30. The fourth-order valence-corrected chi connectivity index (χ4v) is 2.77. The molecule has 5 nitrogen and oxygen atoms in total. The Kier molecular flexibility index (Phi) is 5.77. The van der Waals surface area contributed by atoms with Gasteiger partial charge in [0, 0.05) is 16.3 Å². The molecule has 1 amide bonds. The zero-order valence-corrected chi connectivity index (χ0v) is 16.7. The Morgan fingerprint density at radius 3 is 2.50 bits per heavy atom. The van der Waals surface area contributed by atoms with Gasteiger partial charge in [-0.15, -0.1) is 0 Å². The van der Waals surface area contributed by atoms with Gasteiger partial charge in [0.25, 0.3) is 5.91 Å². The van der Waals surface area contributed by atoms with Gasteiger partial charge >= 0.3 is 0 Å². The third-order valence-electron chi connectivity index (χ3n) is 4.32. The first-order valence-electron chi connectivity index (χ1n) is 8.85. The summed E-state index contributed by atoms with van der Waals surface area (Å²) < 4.78 is 11.4. The number of hydrogen-bond acceptors (Lipinski definition) is 4. The summed E-state index contributed by atoms with van der Waals surface area (Å²) in [5.74, 6) is 1.38. The van der Waals surface area contributed by atoms with E-state index in [1.54, 1.807) is 50.2 Å². The molecule has 0 saturated carbocycles. The molecule has 1 heterocycles. The van der Waals surface area contributed by atoms with Crippen molar-refractivity contribution in [2.24, 2.45) is 0 Å². The molecular weight excluding hydrogens is 378 g/mol. The maximum atomic E-state index is 12.8. The Bertz CT molecular complexity index is 976. The van der Waals surface area contributed by atoms with Crippen LogP contribution in [0.4, 0.5) is 5.69 Å². The third kappa shape index (κ3) is 4.55. The van der Waals surface area contributed by atoms with Gasteiger partial charge in [-0.1, -0.05) is 23.7 Å². The van der Waals surface area contributed by atoms with E-state index in [2.05, 4.69) is 5.32 Å². The Labute approximate surface area is 168 Å². The molecule has 0 saturated heterocycles. The van der Waals surface area contributed by atoms with E-state index in [9.17, 15) is 4.79 Å². The summed E-state index contributed by atoms with van der Waals surface area (Å²) in [4.78, 5) is 12.8. The molecule has 1 aromatic heterocycles. The van der Waals surface area contributed by atoms with Gasteiger partial charge in [-0.05, 0) is 68.8 Å². The van der Waals surface area contributed by atoms with Crippen molar-refractivity contribution in [2.75, 3.05) is 5.32 Å². The van der Waals surface area contributed by atoms with Gasteiger partial charge in [-0.2, -0.15) is 0 Å². The van der Waals surface area contributed by atoms with Crippen molar-refractivity contribution in [3.05, 3.63) is 70.9 Å². The van der Waals surface area contributed by atoms with Crippen molar-refractivity contribution in [3.63, 3.8) is 0 Å². The first kappa shape index (κ1) is 20.0. The number of halogens is 1. The van der Waals surface area contributed by atoms with Crippen molar-refractivity contribution >= 4 is 23.2 Å². The molecule has 2 aromatic carbocycles. The highest BCUT2D eigenvalue weighted by Gasteiger charge is 2.30. The Morgan fingerprint density at radius 1 is 1.14 bits per heavy atom. The van der Waals surface area contributed by atoms with Crippen LogP contribution < -0.4 is 10.1 Å². The lowest BCUT2D eigenvalue weighted by Gasteiger charge is -2.26. The first-order chi connectivity index (χ1) is 13.3. The number of nitrogens with one attached hydrogen (secondary N) is 1. The monoisotopic (exact) mass is 399 g/mol. The number of carbonyl (C=O) groups excluding carboxylic acids is 1. The second-order valence-corrected chi connectivity index (χ2v) is 7.41. The summed E-state index contributed by atoms with van der Waals surface area (Å²) in [5, 5.41) is 12.7. The van der Waals surface area contributed by atoms with Gasteiger partial charge < -0.3 is 19.6 Å². The van der Waals surface area contributed by atoms with Crippen molar-refractivity contribution in [3.8, 4) is 17.1 Å². The lowest BCUT2D eigenvalue weighted by Crippen LogP contribution is -2.42. The average Bonchev–Trinajstić information content (AvgIpc) is 3.14. The van der Waals surface area contributed by atoms with E-state index in [4.69, 9.17) is 25.9 Å². The topological polar surface area (TPSA) is 71.7 Å². The number of ether oxygens (including phenoxy) is 1. The summed E-state index contributed by atoms with van der Waals surface area (Å²) in [6, 6.07) is 16.0. The number of aliphatic hydroxyl groups is 1. The molecule has 3 aromatic rings. The molecule has 0 aliphatic heterocycles. The Hall–Kier alpha value is -2.76. The van der Waals surface area contributed by atoms with Crippen LogP contribution >= 0.6 is 11.6 Å². The van der Waals surface area contributed by atoms with Gasteiger partial charge in [0.15, 0.2) is 5.60 Å². The van der Waals surface area contributed by atoms with Crippen molar-refractivity contribution in [1.82, 2.24) is 0 Å². The Morgan fingerprint density at radius 2 is 1.86 bits per heavy atom. The van der Waals surface area contributed by atoms with E-state index in [-0.39, 0.29) is 12.5 Å². The molecule has 0 radical (unpaired) electrons. The highest BCUT2D eigenvalue weighted by atomic mass is 35.5. The quantitative estimate of drug-likeness (QED) is 0.597. The van der Waals surface area contributed by atoms with Crippen LogP contribution in [0.15, 0.2) is 59.0 Å². The van der Waals surface area contributed by atoms with Gasteiger partial charge in [0.05, 0.1) is 0 Å². The molecule has 6 heteroatoms. The van der Waals surface area contributed by atoms with Crippen LogP contribution in [0.3, 0.4) is 0 Å². The zero-order chi connectivity index (χ0) is 20.3. The van der Waals surface area contributed by atoms with Gasteiger partial charge in [-0.3, -0.25) is 4.79 Å². The molecule has 2 N–H and O–H groups in total. The molecule has 28 heavy (non-hydrogen) atoms. The molecule has 0 aliphatic carbocycles. The molecule has 0 bridgehead atoms. The zero-order valence-electron chi connectivity index (χ0n) is 16.0. The number of benzene rings is 2. The summed E-state index contributed by atoms with van der Waals surface area (Å²) in [6.07, 6.45) is 0. The minimum atomic E-state index is -1.09. The molecule has 0 atom stereocenters. The molecule has 146 valence electrons. The summed E-state index contributed by atoms with van der Waals surface area (Å²) in [5.41, 5.74) is 1.29. The minimum Gasteiger partial charge on any atom is -0.478 e. The van der Waals surface area contributed by atoms with Crippen molar-refractivity contribution in [2.45, 2.75) is 33.0 Å². The van der Waals surface area contributed by atoms with Crippen molar-refractivity contribution in [1.29, 1.82) is 0 Å². The number of amides is 1. The minimum absolute atomic E-state index is 0.161. The number of carbonyl (C=O) groups is 1. The SMILES string of the molecule is Cc1ccc(-c2ccc(CO)o2)cc1NC(=O)C(C)(C)Oc1ccc(Cl)cc1. The fourth-order valence-electron chi connectivity index (χ4n) is 2.64. The van der Waals surface area contributed by atoms with E-state index in [1.807, 2.05) is 25.1 Å². The lowest BCUT2D eigenvalue weighted by molar-refractivity contribution is -0.128.